The summed E-state index contributed by atoms with van der Waals surface area (Å²) in [6, 6.07) is 11.0. The molecule has 4 rings (SSSR count). The van der Waals surface area contributed by atoms with Crippen LogP contribution in [0.1, 0.15) is 39.8 Å². The van der Waals surface area contributed by atoms with Gasteiger partial charge in [-0.15, -0.1) is 0 Å². The predicted octanol–water partition coefficient (Wildman–Crippen LogP) is 5.67. The van der Waals surface area contributed by atoms with E-state index in [1.807, 2.05) is 18.5 Å². The molecule has 0 radical (unpaired) electrons. The van der Waals surface area contributed by atoms with Crippen molar-refractivity contribution in [3.05, 3.63) is 76.1 Å². The second-order valence-electron chi connectivity index (χ2n) is 7.42. The third-order valence-electron chi connectivity index (χ3n) is 5.12. The van der Waals surface area contributed by atoms with E-state index in [4.69, 9.17) is 9.97 Å². The number of hydrogen-bond donors (Lipinski definition) is 0. The fourth-order valence-electron chi connectivity index (χ4n) is 4.14. The van der Waals surface area contributed by atoms with Gasteiger partial charge in [0, 0.05) is 12.4 Å². The summed E-state index contributed by atoms with van der Waals surface area (Å²) >= 11 is 0. The van der Waals surface area contributed by atoms with Gasteiger partial charge in [-0.1, -0.05) is 29.8 Å². The minimum atomic E-state index is 1.01. The van der Waals surface area contributed by atoms with E-state index in [0.29, 0.717) is 0 Å². The van der Waals surface area contributed by atoms with Gasteiger partial charge in [-0.05, 0) is 80.8 Å². The van der Waals surface area contributed by atoms with Gasteiger partial charge in [0.1, 0.15) is 11.6 Å². The normalized spacial score (nSPS) is 13.6. The largest absolute Gasteiger partial charge is 0.278 e. The second-order valence-corrected chi connectivity index (χ2v) is 7.42. The van der Waals surface area contributed by atoms with Crippen molar-refractivity contribution in [3.63, 3.8) is 0 Å². The molecular weight excluding hydrogens is 318 g/mol. The number of benzene rings is 1. The summed E-state index contributed by atoms with van der Waals surface area (Å²) in [5.41, 5.74) is 8.81. The van der Waals surface area contributed by atoms with E-state index in [1.165, 1.54) is 39.1 Å². The van der Waals surface area contributed by atoms with Crippen LogP contribution in [0, 0.1) is 27.7 Å². The number of aromatic nitrogens is 2. The van der Waals surface area contributed by atoms with Crippen molar-refractivity contribution < 1.29 is 0 Å². The monoisotopic (exact) mass is 343 g/mol. The van der Waals surface area contributed by atoms with Crippen molar-refractivity contribution in [2.45, 2.75) is 47.0 Å². The maximum Gasteiger partial charge on any atom is 0.141 e. The zero-order chi connectivity index (χ0) is 18.3. The van der Waals surface area contributed by atoms with E-state index in [0.717, 1.165) is 30.9 Å². The summed E-state index contributed by atoms with van der Waals surface area (Å²) in [7, 11) is 0. The lowest BCUT2D eigenvalue weighted by Gasteiger charge is -2.31. The number of nitrogens with zero attached hydrogens (tertiary/aromatic N) is 3. The highest BCUT2D eigenvalue weighted by molar-refractivity contribution is 5.80. The minimum absolute atomic E-state index is 1.01. The van der Waals surface area contributed by atoms with Crippen molar-refractivity contribution in [3.8, 4) is 0 Å². The van der Waals surface area contributed by atoms with E-state index in [2.05, 4.69) is 56.9 Å². The summed E-state index contributed by atoms with van der Waals surface area (Å²) in [5.74, 6) is 2.03. The summed E-state index contributed by atoms with van der Waals surface area (Å²) in [6.07, 6.45) is 7.06. The summed E-state index contributed by atoms with van der Waals surface area (Å²) in [5, 5.41) is 0. The van der Waals surface area contributed by atoms with Crippen LogP contribution in [0.5, 0.6) is 0 Å². The minimum Gasteiger partial charge on any atom is -0.278 e. The Balaban J connectivity index is 2.04. The number of hydrogen-bond acceptors (Lipinski definition) is 3. The highest BCUT2D eigenvalue weighted by Gasteiger charge is 2.25. The van der Waals surface area contributed by atoms with Gasteiger partial charge in [-0.3, -0.25) is 4.90 Å². The van der Waals surface area contributed by atoms with Gasteiger partial charge >= 0.3 is 0 Å². The van der Waals surface area contributed by atoms with E-state index in [9.17, 15) is 0 Å². The zero-order valence-corrected chi connectivity index (χ0v) is 16.0. The molecule has 0 saturated carbocycles. The molecule has 0 atom stereocenters. The van der Waals surface area contributed by atoms with Crippen molar-refractivity contribution >= 4 is 17.3 Å². The molecule has 3 heterocycles. The predicted molar refractivity (Wildman–Crippen MR) is 108 cm³/mol. The van der Waals surface area contributed by atoms with Gasteiger partial charge < -0.3 is 0 Å². The third kappa shape index (κ3) is 2.88. The summed E-state index contributed by atoms with van der Waals surface area (Å²) in [4.78, 5) is 11.9. The highest BCUT2D eigenvalue weighted by Crippen LogP contribution is 2.41. The number of anilines is 3. The molecular formula is C23H25N3. The Kier molecular flexibility index (Phi) is 4.23. The Labute approximate surface area is 155 Å². The molecule has 0 saturated heterocycles. The summed E-state index contributed by atoms with van der Waals surface area (Å²) in [6.45, 7) is 8.64. The van der Waals surface area contributed by atoms with Crippen LogP contribution in [0.25, 0.3) is 0 Å². The molecule has 1 aliphatic rings. The molecule has 132 valence electrons. The molecule has 0 unspecified atom stereocenters. The van der Waals surface area contributed by atoms with Crippen molar-refractivity contribution in [2.24, 2.45) is 0 Å². The Morgan fingerprint density at radius 3 is 2.27 bits per heavy atom. The molecule has 0 bridgehead atoms. The quantitative estimate of drug-likeness (QED) is 0.570. The second kappa shape index (κ2) is 6.56. The third-order valence-corrected chi connectivity index (χ3v) is 5.12. The Morgan fingerprint density at radius 1 is 0.808 bits per heavy atom. The zero-order valence-electron chi connectivity index (χ0n) is 16.0. The topological polar surface area (TPSA) is 29.0 Å². The van der Waals surface area contributed by atoms with Crippen LogP contribution in [0.4, 0.5) is 17.3 Å². The first kappa shape index (κ1) is 16.8. The van der Waals surface area contributed by atoms with Crippen molar-refractivity contribution in [1.82, 2.24) is 9.97 Å². The standard InChI is InChI=1S/C23H25N3/c1-15-11-17(3)21(18(4)12-15)26-22-19(9-6-10-24-22)7-5-8-20-13-16(2)14-25-23(20)26/h6,9-14H,5,7-8H2,1-4H3. The van der Waals surface area contributed by atoms with Gasteiger partial charge in [0.2, 0.25) is 0 Å². The first-order valence-corrected chi connectivity index (χ1v) is 9.32. The van der Waals surface area contributed by atoms with Crippen LogP contribution in [-0.4, -0.2) is 9.97 Å². The van der Waals surface area contributed by atoms with Crippen molar-refractivity contribution in [1.29, 1.82) is 0 Å². The average molecular weight is 343 g/mol. The van der Waals surface area contributed by atoms with E-state index in [-0.39, 0.29) is 0 Å². The Morgan fingerprint density at radius 2 is 1.50 bits per heavy atom. The van der Waals surface area contributed by atoms with Gasteiger partial charge in [0.25, 0.3) is 0 Å². The highest BCUT2D eigenvalue weighted by atomic mass is 15.2. The van der Waals surface area contributed by atoms with Gasteiger partial charge in [-0.25, -0.2) is 9.97 Å². The lowest BCUT2D eigenvalue weighted by atomic mass is 9.98. The Hall–Kier alpha value is -2.68. The molecule has 0 amide bonds. The number of aryl methyl sites for hydroxylation is 6. The lowest BCUT2D eigenvalue weighted by Crippen LogP contribution is -2.21. The number of fused-ring (bicyclic) bond motifs is 2. The number of pyridine rings is 2. The van der Waals surface area contributed by atoms with Crippen LogP contribution in [0.2, 0.25) is 0 Å². The maximum absolute atomic E-state index is 4.87. The SMILES string of the molecule is Cc1cc(C)c(N2c3ncccc3CCCc3cc(C)cnc32)c(C)c1. The lowest BCUT2D eigenvalue weighted by molar-refractivity contribution is 0.796. The first-order chi connectivity index (χ1) is 12.5. The molecule has 3 heteroatoms. The van der Waals surface area contributed by atoms with Crippen LogP contribution in [-0.2, 0) is 12.8 Å². The van der Waals surface area contributed by atoms with E-state index < -0.39 is 0 Å². The molecule has 0 spiro atoms. The number of rotatable bonds is 1. The van der Waals surface area contributed by atoms with Gasteiger partial charge in [0.05, 0.1) is 5.69 Å². The molecule has 26 heavy (non-hydrogen) atoms. The smallest absolute Gasteiger partial charge is 0.141 e. The summed E-state index contributed by atoms with van der Waals surface area (Å²) < 4.78 is 0. The molecule has 1 aromatic carbocycles. The maximum atomic E-state index is 4.87. The fourth-order valence-corrected chi connectivity index (χ4v) is 4.14. The molecule has 2 aromatic heterocycles. The van der Waals surface area contributed by atoms with Gasteiger partial charge in [-0.2, -0.15) is 0 Å². The molecule has 0 fully saturated rings. The van der Waals surface area contributed by atoms with E-state index in [1.54, 1.807) is 0 Å². The first-order valence-electron chi connectivity index (χ1n) is 9.32. The van der Waals surface area contributed by atoms with Crippen LogP contribution in [0.15, 0.2) is 42.7 Å². The molecule has 3 aromatic rings. The van der Waals surface area contributed by atoms with E-state index >= 15 is 0 Å². The van der Waals surface area contributed by atoms with Crippen molar-refractivity contribution in [2.75, 3.05) is 4.90 Å². The van der Waals surface area contributed by atoms with Crippen LogP contribution in [0.3, 0.4) is 0 Å². The Bertz CT molecular complexity index is 952. The fraction of sp³-hybridized carbons (Fsp3) is 0.304. The molecule has 3 nitrogen and oxygen atoms in total. The molecule has 1 aliphatic heterocycles. The van der Waals surface area contributed by atoms with Crippen LogP contribution >= 0.6 is 0 Å². The van der Waals surface area contributed by atoms with Gasteiger partial charge in [0.15, 0.2) is 0 Å². The van der Waals surface area contributed by atoms with Crippen LogP contribution < -0.4 is 4.90 Å². The molecule has 0 aliphatic carbocycles. The molecule has 0 N–H and O–H groups in total. The average Bonchev–Trinajstić information content (AvgIpc) is 2.58.